The Morgan fingerprint density at radius 3 is 2.63 bits per heavy atom. The minimum absolute atomic E-state index is 0.0627. The van der Waals surface area contributed by atoms with Crippen LogP contribution in [0.5, 0.6) is 5.75 Å². The van der Waals surface area contributed by atoms with Gasteiger partial charge in [0, 0.05) is 23.6 Å². The summed E-state index contributed by atoms with van der Waals surface area (Å²) in [6, 6.07) is 21.5. The van der Waals surface area contributed by atoms with Gasteiger partial charge < -0.3 is 14.6 Å². The maximum Gasteiger partial charge on any atom is 0.251 e. The van der Waals surface area contributed by atoms with Gasteiger partial charge in [-0.2, -0.15) is 0 Å². The molecule has 0 spiro atoms. The summed E-state index contributed by atoms with van der Waals surface area (Å²) in [5.41, 5.74) is 5.14. The number of fused-ring (bicyclic) bond motifs is 1. The Bertz CT molecular complexity index is 1280. The van der Waals surface area contributed by atoms with Crippen molar-refractivity contribution in [2.45, 2.75) is 46.1 Å². The number of hydrogen-bond donors (Lipinski definition) is 1. The Balaban J connectivity index is 1.28. The third-order valence-electron chi connectivity index (χ3n) is 6.12. The molecule has 0 fully saturated rings. The third kappa shape index (κ3) is 6.64. The highest BCUT2D eigenvalue weighted by atomic mass is 35.5. The first-order valence-electron chi connectivity index (χ1n) is 12.2. The third-order valence-corrected chi connectivity index (χ3v) is 6.37. The van der Waals surface area contributed by atoms with E-state index in [0.717, 1.165) is 60.4 Å². The minimum atomic E-state index is -0.0627. The van der Waals surface area contributed by atoms with Crippen molar-refractivity contribution < 1.29 is 9.53 Å². The smallest absolute Gasteiger partial charge is 0.251 e. The fourth-order valence-corrected chi connectivity index (χ4v) is 4.29. The van der Waals surface area contributed by atoms with Crippen LogP contribution in [0.4, 0.5) is 0 Å². The van der Waals surface area contributed by atoms with Gasteiger partial charge in [0.15, 0.2) is 0 Å². The lowest BCUT2D eigenvalue weighted by atomic mass is 10.1. The molecule has 0 saturated heterocycles. The molecule has 1 aromatic heterocycles. The Morgan fingerprint density at radius 2 is 1.80 bits per heavy atom. The first-order chi connectivity index (χ1) is 17.0. The fraction of sp³-hybridized carbons (Fsp3) is 0.310. The van der Waals surface area contributed by atoms with E-state index in [0.29, 0.717) is 23.7 Å². The first kappa shape index (κ1) is 24.8. The highest BCUT2D eigenvalue weighted by molar-refractivity contribution is 6.30. The summed E-state index contributed by atoms with van der Waals surface area (Å²) in [4.78, 5) is 17.1. The topological polar surface area (TPSA) is 56.1 Å². The summed E-state index contributed by atoms with van der Waals surface area (Å²) in [6.07, 6.45) is 3.85. The van der Waals surface area contributed by atoms with Crippen LogP contribution in [0, 0.1) is 13.8 Å². The molecule has 5 nitrogen and oxygen atoms in total. The van der Waals surface area contributed by atoms with E-state index in [1.807, 2.05) is 6.07 Å². The van der Waals surface area contributed by atoms with Crippen molar-refractivity contribution in [1.82, 2.24) is 14.9 Å². The summed E-state index contributed by atoms with van der Waals surface area (Å²) >= 11 is 5.89. The van der Waals surface area contributed by atoms with Gasteiger partial charge in [-0.1, -0.05) is 42.3 Å². The number of imidazole rings is 1. The molecule has 4 rings (SSSR count). The molecular formula is C29H32ClN3O2. The zero-order valence-corrected chi connectivity index (χ0v) is 21.1. The van der Waals surface area contributed by atoms with Crippen molar-refractivity contribution in [2.75, 3.05) is 13.2 Å². The van der Waals surface area contributed by atoms with E-state index >= 15 is 0 Å². The number of benzene rings is 3. The van der Waals surface area contributed by atoms with Crippen molar-refractivity contribution in [3.8, 4) is 5.75 Å². The van der Waals surface area contributed by atoms with Crippen LogP contribution >= 0.6 is 11.6 Å². The van der Waals surface area contributed by atoms with Gasteiger partial charge in [0.1, 0.15) is 18.2 Å². The Morgan fingerprint density at radius 1 is 1.00 bits per heavy atom. The molecule has 0 aliphatic heterocycles. The quantitative estimate of drug-likeness (QED) is 0.244. The monoisotopic (exact) mass is 489 g/mol. The highest BCUT2D eigenvalue weighted by Gasteiger charge is 2.11. The van der Waals surface area contributed by atoms with Crippen LogP contribution in [0.15, 0.2) is 66.7 Å². The van der Waals surface area contributed by atoms with Crippen molar-refractivity contribution >= 4 is 28.5 Å². The predicted octanol–water partition coefficient (Wildman–Crippen LogP) is 6.53. The minimum Gasteiger partial charge on any atom is -0.491 e. The summed E-state index contributed by atoms with van der Waals surface area (Å²) in [5.74, 6) is 1.96. The van der Waals surface area contributed by atoms with Gasteiger partial charge in [-0.3, -0.25) is 4.79 Å². The van der Waals surface area contributed by atoms with Crippen LogP contribution < -0.4 is 10.1 Å². The van der Waals surface area contributed by atoms with Crippen LogP contribution in [0.2, 0.25) is 5.02 Å². The average Bonchev–Trinajstić information content (AvgIpc) is 3.21. The van der Waals surface area contributed by atoms with E-state index in [1.165, 1.54) is 5.56 Å². The number of aryl methyl sites for hydroxylation is 3. The normalized spacial score (nSPS) is 11.1. The zero-order chi connectivity index (χ0) is 24.6. The summed E-state index contributed by atoms with van der Waals surface area (Å²) in [6.45, 7) is 6.15. The van der Waals surface area contributed by atoms with Crippen LogP contribution in [-0.4, -0.2) is 28.6 Å². The van der Waals surface area contributed by atoms with Crippen molar-refractivity contribution in [3.63, 3.8) is 0 Å². The number of nitrogens with one attached hydrogen (secondary N) is 1. The first-order valence-corrected chi connectivity index (χ1v) is 12.6. The Hall–Kier alpha value is -3.31. The fourth-order valence-electron chi connectivity index (χ4n) is 4.17. The second-order valence-corrected chi connectivity index (χ2v) is 9.30. The van der Waals surface area contributed by atoms with E-state index in [9.17, 15) is 4.79 Å². The van der Waals surface area contributed by atoms with Gasteiger partial charge in [0.05, 0.1) is 17.6 Å². The molecule has 0 radical (unpaired) electrons. The summed E-state index contributed by atoms with van der Waals surface area (Å²) < 4.78 is 8.40. The molecule has 0 aliphatic carbocycles. The second kappa shape index (κ2) is 11.9. The molecule has 0 saturated carbocycles. The van der Waals surface area contributed by atoms with Gasteiger partial charge >= 0.3 is 0 Å². The Kier molecular flexibility index (Phi) is 8.43. The summed E-state index contributed by atoms with van der Waals surface area (Å²) in [5, 5.41) is 3.61. The number of para-hydroxylation sites is 2. The number of carbonyl (C=O) groups is 1. The number of rotatable bonds is 11. The van der Waals surface area contributed by atoms with E-state index in [-0.39, 0.29) is 5.91 Å². The molecule has 4 aromatic rings. The molecular weight excluding hydrogens is 458 g/mol. The van der Waals surface area contributed by atoms with E-state index in [4.69, 9.17) is 21.3 Å². The van der Waals surface area contributed by atoms with Gasteiger partial charge in [-0.25, -0.2) is 4.98 Å². The molecule has 0 aliphatic rings. The van der Waals surface area contributed by atoms with Crippen LogP contribution in [0.1, 0.15) is 46.6 Å². The number of hydrogen-bond acceptors (Lipinski definition) is 3. The van der Waals surface area contributed by atoms with Crippen molar-refractivity contribution in [3.05, 3.63) is 94.3 Å². The lowest BCUT2D eigenvalue weighted by Gasteiger charge is -2.13. The predicted molar refractivity (Wildman–Crippen MR) is 142 cm³/mol. The average molecular weight is 490 g/mol. The zero-order valence-electron chi connectivity index (χ0n) is 20.4. The number of ether oxygens (including phenoxy) is 1. The Labute approximate surface area is 212 Å². The number of unbranched alkanes of at least 4 members (excludes halogenated alkanes) is 2. The number of aromatic nitrogens is 2. The number of nitrogens with zero attached hydrogens (tertiary/aromatic N) is 2. The number of halogens is 1. The van der Waals surface area contributed by atoms with E-state index in [2.05, 4.69) is 60.1 Å². The molecule has 1 N–H and O–H groups in total. The van der Waals surface area contributed by atoms with Crippen molar-refractivity contribution in [1.29, 1.82) is 0 Å². The summed E-state index contributed by atoms with van der Waals surface area (Å²) in [7, 11) is 0. The number of amides is 1. The van der Waals surface area contributed by atoms with E-state index < -0.39 is 0 Å². The van der Waals surface area contributed by atoms with E-state index in [1.54, 1.807) is 24.3 Å². The van der Waals surface area contributed by atoms with Gasteiger partial charge in [0.2, 0.25) is 0 Å². The molecule has 1 amide bonds. The second-order valence-electron chi connectivity index (χ2n) is 8.86. The molecule has 182 valence electrons. The standard InChI is InChI=1S/C29H32ClN3O2/c1-21-11-12-22(2)27(20-21)35-19-18-33-26-9-6-5-8-25(26)32-28(33)10-4-3-7-17-31-29(34)23-13-15-24(30)16-14-23/h5-6,8-9,11-16,20H,3-4,7,10,17-19H2,1-2H3,(H,31,34). The molecule has 35 heavy (non-hydrogen) atoms. The lowest BCUT2D eigenvalue weighted by Crippen LogP contribution is -2.24. The maximum absolute atomic E-state index is 12.2. The number of carbonyl (C=O) groups excluding carboxylic acids is 1. The molecule has 1 heterocycles. The SMILES string of the molecule is Cc1ccc(C)c(OCCn2c(CCCCCNC(=O)c3ccc(Cl)cc3)nc3ccccc32)c1. The molecule has 0 unspecified atom stereocenters. The maximum atomic E-state index is 12.2. The van der Waals surface area contributed by atoms with Gasteiger partial charge in [-0.05, 0) is 80.3 Å². The molecule has 3 aromatic carbocycles. The molecule has 0 atom stereocenters. The lowest BCUT2D eigenvalue weighted by molar-refractivity contribution is 0.0953. The van der Waals surface area contributed by atoms with Crippen LogP contribution in [-0.2, 0) is 13.0 Å². The highest BCUT2D eigenvalue weighted by Crippen LogP contribution is 2.21. The largest absolute Gasteiger partial charge is 0.491 e. The van der Waals surface area contributed by atoms with Gasteiger partial charge in [-0.15, -0.1) is 0 Å². The van der Waals surface area contributed by atoms with Crippen molar-refractivity contribution in [2.24, 2.45) is 0 Å². The van der Waals surface area contributed by atoms with Crippen LogP contribution in [0.3, 0.4) is 0 Å². The van der Waals surface area contributed by atoms with Crippen LogP contribution in [0.25, 0.3) is 11.0 Å². The van der Waals surface area contributed by atoms with Gasteiger partial charge in [0.25, 0.3) is 5.91 Å². The molecule has 6 heteroatoms. The molecule has 0 bridgehead atoms.